The molecule has 2 N–H and O–H groups in total. The zero-order valence-electron chi connectivity index (χ0n) is 12.2. The first-order valence-electron chi connectivity index (χ1n) is 7.03. The highest BCUT2D eigenvalue weighted by atomic mass is 19.4. The molecule has 1 aromatic heterocycles. The summed E-state index contributed by atoms with van der Waals surface area (Å²) in [6.45, 7) is 0.421. The first-order chi connectivity index (χ1) is 10.9. The molecule has 122 valence electrons. The predicted octanol–water partition coefficient (Wildman–Crippen LogP) is 3.14. The van der Waals surface area contributed by atoms with Crippen LogP contribution in [0.2, 0.25) is 0 Å². The SMILES string of the molecule is O=C(NCCc1ccccn1)NCc1cccc(C(F)(F)F)c1. The third kappa shape index (κ3) is 5.61. The Kier molecular flexibility index (Phi) is 5.56. The van der Waals surface area contributed by atoms with E-state index in [2.05, 4.69) is 15.6 Å². The molecule has 23 heavy (non-hydrogen) atoms. The van der Waals surface area contributed by atoms with Gasteiger partial charge in [0, 0.05) is 31.4 Å². The van der Waals surface area contributed by atoms with Gasteiger partial charge >= 0.3 is 12.2 Å². The second-order valence-electron chi connectivity index (χ2n) is 4.88. The first kappa shape index (κ1) is 16.8. The van der Waals surface area contributed by atoms with E-state index in [1.807, 2.05) is 12.1 Å². The summed E-state index contributed by atoms with van der Waals surface area (Å²) >= 11 is 0. The number of halogens is 3. The fourth-order valence-corrected chi connectivity index (χ4v) is 1.95. The first-order valence-corrected chi connectivity index (χ1v) is 7.03. The van der Waals surface area contributed by atoms with Crippen molar-refractivity contribution in [3.05, 3.63) is 65.5 Å². The molecule has 0 spiro atoms. The van der Waals surface area contributed by atoms with Crippen molar-refractivity contribution >= 4 is 6.03 Å². The number of hydrogen-bond donors (Lipinski definition) is 2. The largest absolute Gasteiger partial charge is 0.416 e. The zero-order chi connectivity index (χ0) is 16.7. The highest BCUT2D eigenvalue weighted by Crippen LogP contribution is 2.29. The fourth-order valence-electron chi connectivity index (χ4n) is 1.95. The maximum Gasteiger partial charge on any atom is 0.416 e. The van der Waals surface area contributed by atoms with Gasteiger partial charge in [-0.2, -0.15) is 13.2 Å². The van der Waals surface area contributed by atoms with E-state index in [0.717, 1.165) is 17.8 Å². The van der Waals surface area contributed by atoms with E-state index >= 15 is 0 Å². The van der Waals surface area contributed by atoms with Crippen LogP contribution in [-0.2, 0) is 19.1 Å². The Balaban J connectivity index is 1.76. The number of nitrogens with zero attached hydrogens (tertiary/aromatic N) is 1. The molecule has 0 saturated heterocycles. The van der Waals surface area contributed by atoms with Gasteiger partial charge in [-0.25, -0.2) is 4.79 Å². The summed E-state index contributed by atoms with van der Waals surface area (Å²) in [5.74, 6) is 0. The molecule has 4 nitrogen and oxygen atoms in total. The van der Waals surface area contributed by atoms with Gasteiger partial charge in [0.1, 0.15) is 0 Å². The standard InChI is InChI=1S/C16H16F3N3O/c17-16(18,19)13-5-3-4-12(10-13)11-22-15(23)21-9-7-14-6-1-2-8-20-14/h1-6,8,10H,7,9,11H2,(H2,21,22,23). The van der Waals surface area contributed by atoms with E-state index in [1.165, 1.54) is 12.1 Å². The second kappa shape index (κ2) is 7.62. The van der Waals surface area contributed by atoms with Gasteiger partial charge in [-0.3, -0.25) is 4.98 Å². The molecule has 0 aliphatic heterocycles. The number of benzene rings is 1. The zero-order valence-corrected chi connectivity index (χ0v) is 12.2. The van der Waals surface area contributed by atoms with Crippen LogP contribution in [0, 0.1) is 0 Å². The Morgan fingerprint density at radius 2 is 1.91 bits per heavy atom. The monoisotopic (exact) mass is 323 g/mol. The van der Waals surface area contributed by atoms with E-state index in [9.17, 15) is 18.0 Å². The van der Waals surface area contributed by atoms with Crippen molar-refractivity contribution in [1.82, 2.24) is 15.6 Å². The average Bonchev–Trinajstić information content (AvgIpc) is 2.53. The molecule has 0 saturated carbocycles. The Hall–Kier alpha value is -2.57. The average molecular weight is 323 g/mol. The third-order valence-corrected chi connectivity index (χ3v) is 3.10. The lowest BCUT2D eigenvalue weighted by Crippen LogP contribution is -2.36. The smallest absolute Gasteiger partial charge is 0.338 e. The van der Waals surface area contributed by atoms with E-state index in [0.29, 0.717) is 18.5 Å². The highest BCUT2D eigenvalue weighted by Gasteiger charge is 2.30. The summed E-state index contributed by atoms with van der Waals surface area (Å²) in [6, 6.07) is 9.95. The lowest BCUT2D eigenvalue weighted by molar-refractivity contribution is -0.137. The molecule has 0 aliphatic rings. The van der Waals surface area contributed by atoms with Crippen molar-refractivity contribution < 1.29 is 18.0 Å². The van der Waals surface area contributed by atoms with E-state index in [4.69, 9.17) is 0 Å². The van der Waals surface area contributed by atoms with Crippen molar-refractivity contribution in [2.24, 2.45) is 0 Å². The number of alkyl halides is 3. The van der Waals surface area contributed by atoms with Gasteiger partial charge in [0.25, 0.3) is 0 Å². The Bertz CT molecular complexity index is 645. The van der Waals surface area contributed by atoms with Gasteiger partial charge in [-0.1, -0.05) is 18.2 Å². The summed E-state index contributed by atoms with van der Waals surface area (Å²) in [5, 5.41) is 5.16. The van der Waals surface area contributed by atoms with Crippen LogP contribution in [0.5, 0.6) is 0 Å². The minimum Gasteiger partial charge on any atom is -0.338 e. The number of carbonyl (C=O) groups is 1. The quantitative estimate of drug-likeness (QED) is 0.888. The van der Waals surface area contributed by atoms with Crippen molar-refractivity contribution in [3.63, 3.8) is 0 Å². The normalized spacial score (nSPS) is 11.1. The van der Waals surface area contributed by atoms with Crippen molar-refractivity contribution in [3.8, 4) is 0 Å². The number of rotatable bonds is 5. The number of pyridine rings is 1. The lowest BCUT2D eigenvalue weighted by Gasteiger charge is -2.10. The molecule has 0 atom stereocenters. The van der Waals surface area contributed by atoms with Crippen LogP contribution in [0.4, 0.5) is 18.0 Å². The van der Waals surface area contributed by atoms with Crippen molar-refractivity contribution in [2.75, 3.05) is 6.54 Å². The van der Waals surface area contributed by atoms with Crippen molar-refractivity contribution in [1.29, 1.82) is 0 Å². The molecule has 2 rings (SSSR count). The number of amides is 2. The van der Waals surface area contributed by atoms with E-state index in [1.54, 1.807) is 12.3 Å². The van der Waals surface area contributed by atoms with E-state index in [-0.39, 0.29) is 6.54 Å². The minimum atomic E-state index is -4.39. The number of aromatic nitrogens is 1. The second-order valence-corrected chi connectivity index (χ2v) is 4.88. The molecule has 0 radical (unpaired) electrons. The fraction of sp³-hybridized carbons (Fsp3) is 0.250. The predicted molar refractivity (Wildman–Crippen MR) is 79.6 cm³/mol. The number of urea groups is 1. The molecule has 2 amide bonds. The van der Waals surface area contributed by atoms with Crippen LogP contribution in [0.3, 0.4) is 0 Å². The number of carbonyl (C=O) groups excluding carboxylic acids is 1. The maximum atomic E-state index is 12.6. The summed E-state index contributed by atoms with van der Waals surface area (Å²) in [4.78, 5) is 15.7. The number of hydrogen-bond acceptors (Lipinski definition) is 2. The molecule has 1 aromatic carbocycles. The summed E-state index contributed by atoms with van der Waals surface area (Å²) in [5.41, 5.74) is 0.512. The van der Waals surface area contributed by atoms with Gasteiger partial charge in [-0.05, 0) is 29.8 Å². The highest BCUT2D eigenvalue weighted by molar-refractivity contribution is 5.73. The van der Waals surface area contributed by atoms with Crippen LogP contribution in [0.1, 0.15) is 16.8 Å². The topological polar surface area (TPSA) is 54.0 Å². The molecule has 1 heterocycles. The van der Waals surface area contributed by atoms with E-state index < -0.39 is 17.8 Å². The summed E-state index contributed by atoms with van der Waals surface area (Å²) < 4.78 is 37.8. The summed E-state index contributed by atoms with van der Waals surface area (Å²) in [7, 11) is 0. The molecule has 0 bridgehead atoms. The van der Waals surface area contributed by atoms with Gasteiger partial charge in [0.05, 0.1) is 5.56 Å². The van der Waals surface area contributed by atoms with Crippen LogP contribution in [-0.4, -0.2) is 17.6 Å². The van der Waals surface area contributed by atoms with Crippen LogP contribution >= 0.6 is 0 Å². The minimum absolute atomic E-state index is 0.0271. The van der Waals surface area contributed by atoms with Crippen LogP contribution < -0.4 is 10.6 Å². The maximum absolute atomic E-state index is 12.6. The number of nitrogens with one attached hydrogen (secondary N) is 2. The van der Waals surface area contributed by atoms with Crippen LogP contribution in [0.15, 0.2) is 48.7 Å². The van der Waals surface area contributed by atoms with Gasteiger partial charge in [0.2, 0.25) is 0 Å². The molecule has 7 heteroatoms. The molecular formula is C16H16F3N3O. The Morgan fingerprint density at radius 3 is 2.61 bits per heavy atom. The Labute approximate surface area is 131 Å². The van der Waals surface area contributed by atoms with Gasteiger partial charge in [-0.15, -0.1) is 0 Å². The van der Waals surface area contributed by atoms with Gasteiger partial charge < -0.3 is 10.6 Å². The third-order valence-electron chi connectivity index (χ3n) is 3.10. The van der Waals surface area contributed by atoms with Crippen molar-refractivity contribution in [2.45, 2.75) is 19.1 Å². The Morgan fingerprint density at radius 1 is 1.09 bits per heavy atom. The molecular weight excluding hydrogens is 307 g/mol. The molecule has 0 unspecified atom stereocenters. The molecule has 0 fully saturated rings. The van der Waals surface area contributed by atoms with Crippen LogP contribution in [0.25, 0.3) is 0 Å². The molecule has 0 aliphatic carbocycles. The lowest BCUT2D eigenvalue weighted by atomic mass is 10.1. The summed E-state index contributed by atoms with van der Waals surface area (Å²) in [6.07, 6.45) is -2.14. The molecule has 2 aromatic rings. The van der Waals surface area contributed by atoms with Gasteiger partial charge in [0.15, 0.2) is 0 Å².